The molecule has 2 N–H and O–H groups in total. The van der Waals surface area contributed by atoms with Crippen molar-refractivity contribution in [3.8, 4) is 5.75 Å². The predicted molar refractivity (Wildman–Crippen MR) is 127 cm³/mol. The number of halogens is 2. The summed E-state index contributed by atoms with van der Waals surface area (Å²) >= 11 is 0. The van der Waals surface area contributed by atoms with E-state index in [1.54, 1.807) is 43.3 Å². The molecule has 0 fully saturated rings. The summed E-state index contributed by atoms with van der Waals surface area (Å²) in [6.07, 6.45) is 2.81. The topological polar surface area (TPSA) is 94.1 Å². The van der Waals surface area contributed by atoms with Crippen LogP contribution in [0.3, 0.4) is 0 Å². The van der Waals surface area contributed by atoms with Gasteiger partial charge in [0.1, 0.15) is 30.1 Å². The first-order valence-electron chi connectivity index (χ1n) is 11.0. The molecule has 9 heteroatoms. The number of aliphatic hydroxyl groups is 1. The number of rotatable bonds is 11. The Kier molecular flexibility index (Phi) is 10.9. The Morgan fingerprint density at radius 3 is 2.49 bits per heavy atom. The third-order valence-electron chi connectivity index (χ3n) is 5.02. The van der Waals surface area contributed by atoms with Crippen molar-refractivity contribution >= 4 is 17.7 Å². The van der Waals surface area contributed by atoms with Crippen LogP contribution in [0.25, 0.3) is 0 Å². The van der Waals surface area contributed by atoms with Gasteiger partial charge in [-0.25, -0.2) is 18.4 Å². The molecule has 0 unspecified atom stereocenters. The highest BCUT2D eigenvalue weighted by molar-refractivity contribution is 5.85. The molecular weight excluding hydrogens is 460 g/mol. The molecule has 0 saturated carbocycles. The first-order valence-corrected chi connectivity index (χ1v) is 11.0. The average Bonchev–Trinajstić information content (AvgIpc) is 2.83. The third kappa shape index (κ3) is 8.86. The fourth-order valence-corrected chi connectivity index (χ4v) is 3.08. The summed E-state index contributed by atoms with van der Waals surface area (Å²) in [6, 6.07) is 9.54. The van der Waals surface area contributed by atoms with E-state index >= 15 is 0 Å². The Bertz CT molecular complexity index is 1050. The number of carbonyl (C=O) groups is 2. The van der Waals surface area contributed by atoms with Crippen LogP contribution < -0.4 is 10.1 Å². The molecule has 1 amide bonds. The molecule has 0 aliphatic heterocycles. The summed E-state index contributed by atoms with van der Waals surface area (Å²) in [5.74, 6) is -2.01. The number of nitrogens with one attached hydrogen (secondary N) is 1. The van der Waals surface area contributed by atoms with Gasteiger partial charge in [-0.3, -0.25) is 5.32 Å². The largest absolute Gasteiger partial charge is 0.491 e. The van der Waals surface area contributed by atoms with Crippen molar-refractivity contribution in [3.05, 3.63) is 83.5 Å². The number of aliphatic hydroxyl groups excluding tert-OH is 1. The van der Waals surface area contributed by atoms with Crippen LogP contribution in [0.5, 0.6) is 5.75 Å². The van der Waals surface area contributed by atoms with E-state index in [0.717, 1.165) is 17.7 Å². The Labute approximate surface area is 203 Å². The summed E-state index contributed by atoms with van der Waals surface area (Å²) in [4.78, 5) is 24.1. The first-order chi connectivity index (χ1) is 16.7. The number of benzene rings is 2. The number of anilines is 1. The zero-order valence-electron chi connectivity index (χ0n) is 19.8. The molecule has 7 nitrogen and oxygen atoms in total. The second kappa shape index (κ2) is 13.9. The molecule has 2 aromatic carbocycles. The lowest BCUT2D eigenvalue weighted by Gasteiger charge is -2.26. The first kappa shape index (κ1) is 27.5. The second-order valence-electron chi connectivity index (χ2n) is 7.53. The van der Waals surface area contributed by atoms with Crippen LogP contribution in [0.4, 0.5) is 19.3 Å². The van der Waals surface area contributed by atoms with Crippen molar-refractivity contribution in [1.29, 1.82) is 0 Å². The van der Waals surface area contributed by atoms with E-state index in [0.29, 0.717) is 17.4 Å². The van der Waals surface area contributed by atoms with Crippen molar-refractivity contribution in [2.24, 2.45) is 5.92 Å². The monoisotopic (exact) mass is 489 g/mol. The molecule has 0 aliphatic carbocycles. The van der Waals surface area contributed by atoms with Crippen LogP contribution in [-0.2, 0) is 14.3 Å². The molecule has 2 rings (SSSR count). The smallest absolute Gasteiger partial charge is 0.412 e. The van der Waals surface area contributed by atoms with E-state index in [1.165, 1.54) is 6.08 Å². The van der Waals surface area contributed by atoms with Gasteiger partial charge in [-0.1, -0.05) is 36.8 Å². The van der Waals surface area contributed by atoms with Crippen LogP contribution in [-0.4, -0.2) is 37.0 Å². The maximum Gasteiger partial charge on any atom is 0.412 e. The zero-order valence-corrected chi connectivity index (χ0v) is 19.8. The minimum absolute atomic E-state index is 0.131. The lowest BCUT2D eigenvalue weighted by atomic mass is 9.91. The fraction of sp³-hybridized carbons (Fsp3) is 0.308. The van der Waals surface area contributed by atoms with Crippen LogP contribution in [0.1, 0.15) is 32.4 Å². The molecule has 2 aromatic rings. The number of esters is 1. The van der Waals surface area contributed by atoms with E-state index in [1.807, 2.05) is 13.8 Å². The van der Waals surface area contributed by atoms with Gasteiger partial charge in [-0.05, 0) is 43.7 Å². The number of amides is 1. The third-order valence-corrected chi connectivity index (χ3v) is 5.02. The highest BCUT2D eigenvalue weighted by Crippen LogP contribution is 2.33. The molecule has 188 valence electrons. The summed E-state index contributed by atoms with van der Waals surface area (Å²) in [7, 11) is 0. The molecule has 0 aromatic heterocycles. The van der Waals surface area contributed by atoms with Crippen molar-refractivity contribution in [2.45, 2.75) is 26.9 Å². The standard InChI is InChI=1S/C26H29F2NO6/c1-4-33-24(31)7-5-6-17(2)18(3)25(19-8-11-21(12-9-19)34-15-14-30)35-26(32)29-23-13-10-20(27)16-22(23)28/h5-13,16,18,25,30H,4,14-15H2,1-3H3,(H,29,32)/b7-5+,17-6+/t18-,25-/m1/s1. The highest BCUT2D eigenvalue weighted by Gasteiger charge is 2.25. The summed E-state index contributed by atoms with van der Waals surface area (Å²) in [5.41, 5.74) is 1.20. The van der Waals surface area contributed by atoms with Crippen LogP contribution in [0.15, 0.2) is 66.3 Å². The molecule has 0 aliphatic rings. The van der Waals surface area contributed by atoms with Gasteiger partial charge in [-0.2, -0.15) is 0 Å². The Morgan fingerprint density at radius 2 is 1.86 bits per heavy atom. The minimum Gasteiger partial charge on any atom is -0.491 e. The number of ether oxygens (including phenoxy) is 3. The molecule has 0 spiro atoms. The second-order valence-corrected chi connectivity index (χ2v) is 7.53. The van der Waals surface area contributed by atoms with Crippen molar-refractivity contribution in [1.82, 2.24) is 0 Å². The molecule has 0 saturated heterocycles. The van der Waals surface area contributed by atoms with Crippen molar-refractivity contribution in [2.75, 3.05) is 25.1 Å². The molecule has 0 heterocycles. The van der Waals surface area contributed by atoms with Gasteiger partial charge in [0.25, 0.3) is 0 Å². The van der Waals surface area contributed by atoms with Gasteiger partial charge in [0, 0.05) is 18.1 Å². The van der Waals surface area contributed by atoms with Crippen LogP contribution >= 0.6 is 0 Å². The maximum atomic E-state index is 14.0. The minimum atomic E-state index is -0.933. The SMILES string of the molecule is CCOC(=O)/C=C/C=C(\C)[C@@H](C)[C@@H](OC(=O)Nc1ccc(F)cc1F)c1ccc(OCCO)cc1. The maximum absolute atomic E-state index is 14.0. The summed E-state index contributed by atoms with van der Waals surface area (Å²) in [6.45, 7) is 5.62. The van der Waals surface area contributed by atoms with Gasteiger partial charge >= 0.3 is 12.1 Å². The number of hydrogen-bond acceptors (Lipinski definition) is 6. The summed E-state index contributed by atoms with van der Waals surface area (Å²) < 4.78 is 43.0. The van der Waals surface area contributed by atoms with E-state index < -0.39 is 29.8 Å². The quantitative estimate of drug-likeness (QED) is 0.252. The van der Waals surface area contributed by atoms with Crippen molar-refractivity contribution < 1.29 is 37.7 Å². The predicted octanol–water partition coefficient (Wildman–Crippen LogP) is 5.33. The highest BCUT2D eigenvalue weighted by atomic mass is 19.1. The Balaban J connectivity index is 2.25. The van der Waals surface area contributed by atoms with Crippen LogP contribution in [0, 0.1) is 17.6 Å². The average molecular weight is 490 g/mol. The van der Waals surface area contributed by atoms with E-state index in [-0.39, 0.29) is 31.4 Å². The lowest BCUT2D eigenvalue weighted by Crippen LogP contribution is -2.23. The number of hydrogen-bond donors (Lipinski definition) is 2. The molecule has 2 atom stereocenters. The van der Waals surface area contributed by atoms with E-state index in [2.05, 4.69) is 5.32 Å². The van der Waals surface area contributed by atoms with Gasteiger partial charge in [0.2, 0.25) is 0 Å². The lowest BCUT2D eigenvalue weighted by molar-refractivity contribution is -0.137. The number of carbonyl (C=O) groups excluding carboxylic acids is 2. The fourth-order valence-electron chi connectivity index (χ4n) is 3.08. The van der Waals surface area contributed by atoms with E-state index in [4.69, 9.17) is 19.3 Å². The Morgan fingerprint density at radius 1 is 1.14 bits per heavy atom. The van der Waals surface area contributed by atoms with E-state index in [9.17, 15) is 18.4 Å². The van der Waals surface area contributed by atoms with Gasteiger partial charge in [0.05, 0.1) is 18.9 Å². The normalized spacial score (nSPS) is 13.3. The summed E-state index contributed by atoms with van der Waals surface area (Å²) in [5, 5.41) is 11.2. The molecule has 0 bridgehead atoms. The molecule has 35 heavy (non-hydrogen) atoms. The van der Waals surface area contributed by atoms with Gasteiger partial charge in [-0.15, -0.1) is 0 Å². The van der Waals surface area contributed by atoms with Crippen molar-refractivity contribution in [3.63, 3.8) is 0 Å². The zero-order chi connectivity index (χ0) is 25.8. The van der Waals surface area contributed by atoms with Gasteiger partial charge < -0.3 is 19.3 Å². The Hall–Kier alpha value is -3.72. The molecular formula is C26H29F2NO6. The number of allylic oxidation sites excluding steroid dienone is 2. The molecule has 0 radical (unpaired) electrons. The van der Waals surface area contributed by atoms with Gasteiger partial charge in [0.15, 0.2) is 0 Å². The van der Waals surface area contributed by atoms with Crippen LogP contribution in [0.2, 0.25) is 0 Å².